The minimum atomic E-state index is -0.958. The molecule has 0 aromatic heterocycles. The standard InChI is InChI=1S/C26H25BF4O2/c1-2-3-22-32-13-18(14-33-22)21-11-10-20(25(30)26(21)31)16-6-4-15(5-7-16)19-9-8-17(12-27)23(28)24(19)29/h4-11,18,22H,2-3,12-14,27H2,1H3. The predicted molar refractivity (Wildman–Crippen MR) is 123 cm³/mol. The van der Waals surface area contributed by atoms with Crippen LogP contribution in [-0.2, 0) is 15.8 Å². The van der Waals surface area contributed by atoms with Crippen LogP contribution in [-0.4, -0.2) is 27.4 Å². The number of hydrogen-bond acceptors (Lipinski definition) is 2. The zero-order valence-corrected chi connectivity index (χ0v) is 18.6. The van der Waals surface area contributed by atoms with Crippen molar-refractivity contribution in [3.8, 4) is 22.3 Å². The SMILES string of the molecule is BCc1ccc(-c2ccc(-c3ccc(C4COC(CCC)OC4)c(F)c3F)cc2)c(F)c1F. The monoisotopic (exact) mass is 456 g/mol. The lowest BCUT2D eigenvalue weighted by Gasteiger charge is -2.29. The van der Waals surface area contributed by atoms with Gasteiger partial charge in [0.1, 0.15) is 7.85 Å². The van der Waals surface area contributed by atoms with E-state index in [2.05, 4.69) is 0 Å². The molecule has 0 N–H and O–H groups in total. The number of rotatable bonds is 6. The average Bonchev–Trinajstić information content (AvgIpc) is 2.84. The van der Waals surface area contributed by atoms with Gasteiger partial charge >= 0.3 is 0 Å². The molecule has 0 radical (unpaired) electrons. The molecule has 2 nitrogen and oxygen atoms in total. The molecule has 1 aliphatic heterocycles. The molecule has 172 valence electrons. The van der Waals surface area contributed by atoms with Crippen LogP contribution in [0, 0.1) is 23.3 Å². The largest absolute Gasteiger partial charge is 0.352 e. The maximum absolute atomic E-state index is 15.0. The third kappa shape index (κ3) is 4.70. The van der Waals surface area contributed by atoms with Crippen LogP contribution in [0.2, 0.25) is 0 Å². The Balaban J connectivity index is 1.57. The second-order valence-electron chi connectivity index (χ2n) is 8.24. The molecule has 0 aliphatic carbocycles. The highest BCUT2D eigenvalue weighted by molar-refractivity contribution is 6.08. The lowest BCUT2D eigenvalue weighted by molar-refractivity contribution is -0.190. The second-order valence-corrected chi connectivity index (χ2v) is 8.24. The van der Waals surface area contributed by atoms with E-state index < -0.39 is 23.3 Å². The quantitative estimate of drug-likeness (QED) is 0.336. The van der Waals surface area contributed by atoms with Crippen LogP contribution >= 0.6 is 0 Å². The third-order valence-electron chi connectivity index (χ3n) is 6.09. The summed E-state index contributed by atoms with van der Waals surface area (Å²) in [7, 11) is 1.75. The van der Waals surface area contributed by atoms with E-state index in [0.717, 1.165) is 12.8 Å². The zero-order valence-electron chi connectivity index (χ0n) is 18.6. The first-order valence-electron chi connectivity index (χ1n) is 11.2. The van der Waals surface area contributed by atoms with Crippen molar-refractivity contribution in [2.45, 2.75) is 38.3 Å². The predicted octanol–water partition coefficient (Wildman–Crippen LogP) is 5.97. The third-order valence-corrected chi connectivity index (χ3v) is 6.09. The molecule has 33 heavy (non-hydrogen) atoms. The van der Waals surface area contributed by atoms with Crippen LogP contribution in [0.25, 0.3) is 22.3 Å². The van der Waals surface area contributed by atoms with Crippen LogP contribution < -0.4 is 0 Å². The van der Waals surface area contributed by atoms with Gasteiger partial charge in [-0.15, -0.1) is 0 Å². The van der Waals surface area contributed by atoms with E-state index in [1.807, 2.05) is 6.92 Å². The van der Waals surface area contributed by atoms with Gasteiger partial charge in [0.2, 0.25) is 0 Å². The Morgan fingerprint density at radius 3 is 1.85 bits per heavy atom. The van der Waals surface area contributed by atoms with Crippen molar-refractivity contribution < 1.29 is 27.0 Å². The lowest BCUT2D eigenvalue weighted by atomic mass is 9.92. The van der Waals surface area contributed by atoms with Crippen LogP contribution in [0.15, 0.2) is 48.5 Å². The maximum atomic E-state index is 15.0. The Labute approximate surface area is 192 Å². The van der Waals surface area contributed by atoms with Gasteiger partial charge in [-0.05, 0) is 28.7 Å². The van der Waals surface area contributed by atoms with Crippen molar-refractivity contribution in [2.75, 3.05) is 13.2 Å². The number of hydrogen-bond donors (Lipinski definition) is 0. The summed E-state index contributed by atoms with van der Waals surface area (Å²) >= 11 is 0. The van der Waals surface area contributed by atoms with E-state index in [1.165, 1.54) is 12.1 Å². The first kappa shape index (κ1) is 23.5. The maximum Gasteiger partial charge on any atom is 0.166 e. The van der Waals surface area contributed by atoms with Gasteiger partial charge in [-0.25, -0.2) is 17.6 Å². The Kier molecular flexibility index (Phi) is 7.20. The Morgan fingerprint density at radius 2 is 1.30 bits per heavy atom. The molecule has 3 aromatic rings. The molecule has 1 fully saturated rings. The van der Waals surface area contributed by atoms with Crippen molar-refractivity contribution in [1.82, 2.24) is 0 Å². The van der Waals surface area contributed by atoms with E-state index in [0.29, 0.717) is 23.0 Å². The Bertz CT molecular complexity index is 1130. The summed E-state index contributed by atoms with van der Waals surface area (Å²) < 4.78 is 69.7. The fraction of sp³-hybridized carbons (Fsp3) is 0.308. The fourth-order valence-electron chi connectivity index (χ4n) is 4.14. The van der Waals surface area contributed by atoms with Gasteiger partial charge in [0.25, 0.3) is 0 Å². The van der Waals surface area contributed by atoms with Crippen molar-refractivity contribution in [3.05, 3.63) is 82.9 Å². The van der Waals surface area contributed by atoms with Gasteiger partial charge in [-0.3, -0.25) is 0 Å². The minimum absolute atomic E-state index is 0.0947. The van der Waals surface area contributed by atoms with Crippen LogP contribution in [0.1, 0.15) is 36.8 Å². The molecule has 0 spiro atoms. The highest BCUT2D eigenvalue weighted by Gasteiger charge is 2.27. The Hall–Kier alpha value is -2.64. The van der Waals surface area contributed by atoms with Crippen molar-refractivity contribution in [3.63, 3.8) is 0 Å². The van der Waals surface area contributed by atoms with Gasteiger partial charge in [0.15, 0.2) is 29.6 Å². The normalized spacial score (nSPS) is 18.5. The highest BCUT2D eigenvalue weighted by atomic mass is 19.2. The molecule has 0 bridgehead atoms. The van der Waals surface area contributed by atoms with Gasteiger partial charge in [0, 0.05) is 17.0 Å². The molecule has 1 heterocycles. The van der Waals surface area contributed by atoms with Crippen LogP contribution in [0.3, 0.4) is 0 Å². The molecule has 0 amide bonds. The van der Waals surface area contributed by atoms with Gasteiger partial charge < -0.3 is 9.47 Å². The van der Waals surface area contributed by atoms with Crippen molar-refractivity contribution in [1.29, 1.82) is 0 Å². The summed E-state index contributed by atoms with van der Waals surface area (Å²) in [6.45, 7) is 2.57. The van der Waals surface area contributed by atoms with Crippen molar-refractivity contribution >= 4 is 7.85 Å². The van der Waals surface area contributed by atoms with E-state index in [9.17, 15) is 17.6 Å². The summed E-state index contributed by atoms with van der Waals surface area (Å²) in [5.41, 5.74) is 1.63. The van der Waals surface area contributed by atoms with Crippen molar-refractivity contribution in [2.24, 2.45) is 0 Å². The molecule has 0 unspecified atom stereocenters. The van der Waals surface area contributed by atoms with Crippen LogP contribution in [0.4, 0.5) is 17.6 Å². The van der Waals surface area contributed by atoms with E-state index in [4.69, 9.17) is 9.47 Å². The lowest BCUT2D eigenvalue weighted by Crippen LogP contribution is -2.31. The molecule has 0 atom stereocenters. The molecule has 1 aliphatic rings. The van der Waals surface area contributed by atoms with Crippen LogP contribution in [0.5, 0.6) is 0 Å². The number of halogens is 4. The summed E-state index contributed by atoms with van der Waals surface area (Å²) in [5, 5.41) is 0. The highest BCUT2D eigenvalue weighted by Crippen LogP contribution is 2.34. The first-order chi connectivity index (χ1) is 15.9. The van der Waals surface area contributed by atoms with E-state index in [1.54, 1.807) is 44.2 Å². The molecule has 3 aromatic carbocycles. The van der Waals surface area contributed by atoms with Gasteiger partial charge in [-0.2, -0.15) is 0 Å². The zero-order chi connectivity index (χ0) is 23.5. The first-order valence-corrected chi connectivity index (χ1v) is 11.2. The van der Waals surface area contributed by atoms with E-state index >= 15 is 0 Å². The summed E-state index contributed by atoms with van der Waals surface area (Å²) in [4.78, 5) is 0. The second kappa shape index (κ2) is 10.1. The molecular formula is C26H25BF4O2. The topological polar surface area (TPSA) is 18.5 Å². The fourth-order valence-corrected chi connectivity index (χ4v) is 4.14. The van der Waals surface area contributed by atoms with Gasteiger partial charge in [-0.1, -0.05) is 68.2 Å². The average molecular weight is 456 g/mol. The molecule has 7 heteroatoms. The smallest absolute Gasteiger partial charge is 0.166 e. The number of ether oxygens (including phenoxy) is 2. The molecule has 1 saturated heterocycles. The summed E-state index contributed by atoms with van der Waals surface area (Å²) in [6, 6.07) is 12.4. The molecular weight excluding hydrogens is 431 g/mol. The number of benzene rings is 3. The van der Waals surface area contributed by atoms with Gasteiger partial charge in [0.05, 0.1) is 13.2 Å². The minimum Gasteiger partial charge on any atom is -0.352 e. The molecule has 4 rings (SSSR count). The summed E-state index contributed by atoms with van der Waals surface area (Å²) in [6.07, 6.45) is 1.77. The summed E-state index contributed by atoms with van der Waals surface area (Å²) in [5.74, 6) is -4.04. The van der Waals surface area contributed by atoms with E-state index in [-0.39, 0.29) is 42.1 Å². The Morgan fingerprint density at radius 1 is 0.758 bits per heavy atom. The molecule has 0 saturated carbocycles.